The van der Waals surface area contributed by atoms with Crippen molar-refractivity contribution in [2.75, 3.05) is 12.5 Å². The molecule has 0 aliphatic heterocycles. The van der Waals surface area contributed by atoms with E-state index in [0.717, 1.165) is 62.8 Å². The first-order valence-corrected chi connectivity index (χ1v) is 33.8. The number of hydrogen-bond donors (Lipinski definition) is 18. The number of carbonyl (C=O) groups excluding carboxylic acids is 6. The molecule has 564 valence electrons. The summed E-state index contributed by atoms with van der Waals surface area (Å²) in [5.74, 6) is -8.76. The first kappa shape index (κ1) is 96.1. The van der Waals surface area contributed by atoms with Crippen LogP contribution in [0.15, 0.2) is 161 Å². The van der Waals surface area contributed by atoms with Gasteiger partial charge in [0.25, 0.3) is 0 Å². The van der Waals surface area contributed by atoms with Crippen molar-refractivity contribution in [1.82, 2.24) is 0 Å². The zero-order valence-corrected chi connectivity index (χ0v) is 59.0. The minimum atomic E-state index is -3.47. The van der Waals surface area contributed by atoms with Crippen molar-refractivity contribution in [2.45, 2.75) is 51.3 Å². The zero-order valence-electron chi connectivity index (χ0n) is 57.3. The molecule has 0 spiro atoms. The van der Waals surface area contributed by atoms with Crippen molar-refractivity contribution in [1.29, 1.82) is 0 Å². The average molecular weight is 1540 g/mol. The van der Waals surface area contributed by atoms with Gasteiger partial charge in [-0.1, -0.05) is 103 Å². The smallest absolute Gasteiger partial charge is 0.423 e. The van der Waals surface area contributed by atoms with Crippen LogP contribution < -0.4 is 49.2 Å². The summed E-state index contributed by atoms with van der Waals surface area (Å²) in [5.41, 5.74) is -0.131. The molecule has 0 aromatic heterocycles. The van der Waals surface area contributed by atoms with Crippen LogP contribution in [0, 0.1) is 34.9 Å². The molecular formula is C62H67B9F6O28S2. The van der Waals surface area contributed by atoms with Gasteiger partial charge >= 0.3 is 64.1 Å². The summed E-state index contributed by atoms with van der Waals surface area (Å²) in [6.07, 6.45) is 2.01. The van der Waals surface area contributed by atoms with Crippen LogP contribution in [-0.2, 0) is 19.7 Å². The van der Waals surface area contributed by atoms with E-state index >= 15 is 0 Å². The second-order valence-electron chi connectivity index (χ2n) is 22.1. The number of rotatable bonds is 17. The van der Waals surface area contributed by atoms with Crippen LogP contribution in [0.1, 0.15) is 104 Å². The maximum absolute atomic E-state index is 13.1. The first-order chi connectivity index (χ1) is 49.3. The molecule has 45 heteroatoms. The van der Waals surface area contributed by atoms with E-state index in [1.807, 2.05) is 0 Å². The quantitative estimate of drug-likeness (QED) is 0.0229. The molecule has 28 nitrogen and oxygen atoms in total. The van der Waals surface area contributed by atoms with Gasteiger partial charge in [0.2, 0.25) is 0 Å². The number of ketones is 6. The van der Waals surface area contributed by atoms with Gasteiger partial charge in [0.1, 0.15) is 23.3 Å². The molecule has 8 aromatic rings. The van der Waals surface area contributed by atoms with Crippen molar-refractivity contribution in [3.05, 3.63) is 220 Å². The number of benzene rings is 8. The van der Waals surface area contributed by atoms with Crippen LogP contribution in [0.5, 0.6) is 0 Å². The van der Waals surface area contributed by atoms with E-state index in [1.54, 1.807) is 30.3 Å². The molecule has 0 aliphatic rings. The molecule has 0 aliphatic carbocycles. The second-order valence-corrected chi connectivity index (χ2v) is 26.1. The van der Waals surface area contributed by atoms with E-state index in [-0.39, 0.29) is 76.8 Å². The highest BCUT2D eigenvalue weighted by Crippen LogP contribution is 2.14. The Labute approximate surface area is 611 Å². The van der Waals surface area contributed by atoms with Crippen LogP contribution in [0.25, 0.3) is 0 Å². The Morgan fingerprint density at radius 1 is 0.271 bits per heavy atom. The molecule has 0 saturated heterocycles. The summed E-state index contributed by atoms with van der Waals surface area (Å²) in [6.45, 7) is 7.62. The van der Waals surface area contributed by atoms with Crippen LogP contribution in [0.4, 0.5) is 26.3 Å². The molecule has 107 heavy (non-hydrogen) atoms. The summed E-state index contributed by atoms with van der Waals surface area (Å²) in [7, 11) is -22.7. The normalized spacial score (nSPS) is 10.2. The summed E-state index contributed by atoms with van der Waals surface area (Å²) in [4.78, 5) is 64.9. The number of hydrogen-bond acceptors (Lipinski definition) is 28. The lowest BCUT2D eigenvalue weighted by Crippen LogP contribution is -2.38. The topological polar surface area (TPSA) is 535 Å². The lowest BCUT2D eigenvalue weighted by molar-refractivity contribution is 0.0997. The molecule has 0 bridgehead atoms. The lowest BCUT2D eigenvalue weighted by atomic mass is 9.71. The van der Waals surface area contributed by atoms with Crippen molar-refractivity contribution in [3.8, 4) is 0 Å². The van der Waals surface area contributed by atoms with Gasteiger partial charge < -0.3 is 90.4 Å². The number of halogens is 6. The van der Waals surface area contributed by atoms with E-state index in [2.05, 4.69) is 0 Å². The van der Waals surface area contributed by atoms with Gasteiger partial charge in [-0.05, 0) is 123 Å². The van der Waals surface area contributed by atoms with Crippen molar-refractivity contribution >= 4 is 168 Å². The fraction of sp³-hybridized carbons (Fsp3) is 0.129. The minimum absolute atomic E-state index is 0.0334. The largest absolute Gasteiger partial charge is 0.491 e. The van der Waals surface area contributed by atoms with Crippen molar-refractivity contribution < 1.29 is 162 Å². The van der Waals surface area contributed by atoms with Gasteiger partial charge in [-0.3, -0.25) is 28.8 Å². The van der Waals surface area contributed by atoms with Gasteiger partial charge in [0.15, 0.2) is 66.0 Å². The standard InChI is InChI=1S/C8H10B2O5.2C8H7BF2O3.C8H8BFO3.2C8H9BO3.C7H8BFO4S.C7H9BO4S/c1-5(11)6-2-7(9(12)13)4-8(3-6)10(14)15;1-4(12)8-6(10)2-5(9(13)14)3-7(8)11;1-4(12)5-2-3-6(9(13)14)8(11)7(5)10;1-5(11)6-2-3-7(9(12)13)8(10)4-6;1-6(10)7-2-4-8(5-3-7)9(11)12;1-6(10)7-3-2-4-8(5-7)9(11)12;1-14(12,13)5-2-3-6(8(10)11)7(9)4-5;1-13(11,12)7-4-2-3-6(5-7)8(9)10/h2-4,12-15H,1H3;2*2-3,13-14H,1H3;2-4,12-13H,1H3;2*2-5,11-12H,1H3;2-4,10-11H,1H3;2-5,9-10H,1H3. The summed E-state index contributed by atoms with van der Waals surface area (Å²) >= 11 is 0. The molecule has 0 amide bonds. The Bertz CT molecular complexity index is 4580. The Hall–Kier alpha value is -8.88. The Balaban J connectivity index is 0.000000612. The molecule has 0 saturated carbocycles. The Morgan fingerprint density at radius 3 is 0.963 bits per heavy atom. The van der Waals surface area contributed by atoms with E-state index in [0.29, 0.717) is 34.2 Å². The third-order valence-electron chi connectivity index (χ3n) is 13.6. The third-order valence-corrected chi connectivity index (χ3v) is 15.8. The van der Waals surface area contributed by atoms with Gasteiger partial charge in [0, 0.05) is 51.2 Å². The van der Waals surface area contributed by atoms with Crippen LogP contribution in [0.2, 0.25) is 0 Å². The van der Waals surface area contributed by atoms with Crippen LogP contribution >= 0.6 is 0 Å². The minimum Gasteiger partial charge on any atom is -0.423 e. The predicted octanol–water partition coefficient (Wildman–Crippen LogP) is -6.53. The lowest BCUT2D eigenvalue weighted by Gasteiger charge is -2.06. The molecule has 0 radical (unpaired) electrons. The monoisotopic (exact) mass is 1540 g/mol. The fourth-order valence-electron chi connectivity index (χ4n) is 7.91. The molecular weight excluding hydrogens is 1470 g/mol. The molecule has 8 aromatic carbocycles. The summed E-state index contributed by atoms with van der Waals surface area (Å²) in [5, 5.41) is 157. The van der Waals surface area contributed by atoms with E-state index in [9.17, 15) is 71.9 Å². The van der Waals surface area contributed by atoms with Crippen molar-refractivity contribution in [2.24, 2.45) is 0 Å². The Morgan fingerprint density at radius 2 is 0.607 bits per heavy atom. The number of Topliss-reactive ketones (excluding diaryl/α,β-unsaturated/α-hetero) is 6. The van der Waals surface area contributed by atoms with Crippen molar-refractivity contribution in [3.63, 3.8) is 0 Å². The number of carbonyl (C=O) groups is 6. The molecule has 0 atom stereocenters. The van der Waals surface area contributed by atoms with Gasteiger partial charge in [-0.25, -0.2) is 43.2 Å². The second kappa shape index (κ2) is 44.4. The maximum Gasteiger partial charge on any atom is 0.491 e. The van der Waals surface area contributed by atoms with Gasteiger partial charge in [0.05, 0.1) is 20.9 Å². The van der Waals surface area contributed by atoms with E-state index in [1.165, 1.54) is 100 Å². The Kier molecular flexibility index (Phi) is 39.9. The van der Waals surface area contributed by atoms with E-state index in [4.69, 9.17) is 90.4 Å². The SMILES string of the molecule is CC(=O)c1c(F)cc(B(O)O)cc1F.CC(=O)c1cc(B(O)O)cc(B(O)O)c1.CC(=O)c1ccc(B(O)O)c(F)c1.CC(=O)c1ccc(B(O)O)c(F)c1F.CC(=O)c1ccc(B(O)O)cc1.CC(=O)c1cccc(B(O)O)c1.CS(=O)(=O)c1ccc(B(O)O)c(F)c1.CS(=O)(=O)c1cccc(B(O)O)c1. The highest BCUT2D eigenvalue weighted by atomic mass is 32.2. The molecule has 0 heterocycles. The maximum atomic E-state index is 13.1. The predicted molar refractivity (Wildman–Crippen MR) is 386 cm³/mol. The highest BCUT2D eigenvalue weighted by Gasteiger charge is 2.26. The molecule has 18 N–H and O–H groups in total. The van der Waals surface area contributed by atoms with Crippen LogP contribution in [0.3, 0.4) is 0 Å². The van der Waals surface area contributed by atoms with Crippen LogP contribution in [-0.4, -0.2) is 219 Å². The number of sulfone groups is 2. The first-order valence-electron chi connectivity index (χ1n) is 30.0. The summed E-state index contributed by atoms with van der Waals surface area (Å²) in [6, 6.07) is 31.6. The fourth-order valence-corrected chi connectivity index (χ4v) is 9.22. The average Bonchev–Trinajstić information content (AvgIpc) is 0.840. The highest BCUT2D eigenvalue weighted by molar-refractivity contribution is 7.91. The van der Waals surface area contributed by atoms with Gasteiger partial charge in [-0.2, -0.15) is 0 Å². The summed E-state index contributed by atoms with van der Waals surface area (Å²) < 4.78 is 122. The zero-order chi connectivity index (χ0) is 82.6. The van der Waals surface area contributed by atoms with Gasteiger partial charge in [-0.15, -0.1) is 0 Å². The molecule has 8 rings (SSSR count). The molecule has 0 unspecified atom stereocenters. The third kappa shape index (κ3) is 32.6. The molecule has 0 fully saturated rings. The van der Waals surface area contributed by atoms with E-state index < -0.39 is 147 Å².